The van der Waals surface area contributed by atoms with Crippen molar-refractivity contribution in [3.8, 4) is 0 Å². The molecule has 0 aliphatic heterocycles. The van der Waals surface area contributed by atoms with Crippen molar-refractivity contribution in [2.24, 2.45) is 0 Å². The van der Waals surface area contributed by atoms with Crippen molar-refractivity contribution in [3.05, 3.63) is 42.1 Å². The van der Waals surface area contributed by atoms with Gasteiger partial charge in [0.2, 0.25) is 0 Å². The number of aromatic nitrogens is 3. The van der Waals surface area contributed by atoms with Crippen molar-refractivity contribution in [2.45, 2.75) is 6.92 Å². The van der Waals surface area contributed by atoms with Gasteiger partial charge in [-0.25, -0.2) is 9.97 Å². The van der Waals surface area contributed by atoms with Crippen LogP contribution in [0.25, 0.3) is 0 Å². The first kappa shape index (κ1) is 9.39. The van der Waals surface area contributed by atoms with Gasteiger partial charge in [-0.15, -0.1) is 0 Å². The Morgan fingerprint density at radius 1 is 1.40 bits per heavy atom. The predicted molar refractivity (Wildman–Crippen MR) is 55.5 cm³/mol. The summed E-state index contributed by atoms with van der Waals surface area (Å²) in [4.78, 5) is 22.1. The second kappa shape index (κ2) is 3.91. The number of hydrogen-bond acceptors (Lipinski definition) is 3. The monoisotopic (exact) mass is 202 g/mol. The van der Waals surface area contributed by atoms with Crippen LogP contribution in [0, 0.1) is 6.92 Å². The van der Waals surface area contributed by atoms with Gasteiger partial charge in [0.05, 0.1) is 0 Å². The maximum Gasteiger partial charge on any atom is 0.292 e. The summed E-state index contributed by atoms with van der Waals surface area (Å²) in [5.41, 5.74) is 1.04. The Hall–Kier alpha value is -2.17. The van der Waals surface area contributed by atoms with E-state index in [1.54, 1.807) is 18.5 Å². The van der Waals surface area contributed by atoms with Crippen LogP contribution in [0.4, 0.5) is 5.82 Å². The molecule has 76 valence electrons. The third-order valence-electron chi connectivity index (χ3n) is 1.87. The van der Waals surface area contributed by atoms with Gasteiger partial charge in [0.15, 0.2) is 5.82 Å². The van der Waals surface area contributed by atoms with Crippen molar-refractivity contribution in [3.63, 3.8) is 0 Å². The van der Waals surface area contributed by atoms with E-state index in [2.05, 4.69) is 20.3 Å². The van der Waals surface area contributed by atoms with Crippen molar-refractivity contribution in [1.29, 1.82) is 0 Å². The summed E-state index contributed by atoms with van der Waals surface area (Å²) in [5, 5.41) is 2.64. The Labute approximate surface area is 86.6 Å². The van der Waals surface area contributed by atoms with Gasteiger partial charge in [-0.1, -0.05) is 0 Å². The molecule has 2 rings (SSSR count). The summed E-state index contributed by atoms with van der Waals surface area (Å²) in [6.07, 6.45) is 4.77. The van der Waals surface area contributed by atoms with Crippen LogP contribution in [-0.4, -0.2) is 20.9 Å². The lowest BCUT2D eigenvalue weighted by Gasteiger charge is -2.02. The molecule has 2 heterocycles. The Kier molecular flexibility index (Phi) is 2.45. The average molecular weight is 202 g/mol. The molecule has 0 aliphatic rings. The molecular formula is C10H10N4O. The molecule has 0 aromatic carbocycles. The molecule has 0 fully saturated rings. The standard InChI is InChI=1S/C10H10N4O/c1-7-2-3-11-8(6-7)14-10(15)9-12-4-5-13-9/h2-6H,1H3,(H,12,13)(H,11,14,15). The van der Waals surface area contributed by atoms with E-state index in [-0.39, 0.29) is 11.7 Å². The minimum absolute atomic E-state index is 0.276. The normalized spacial score (nSPS) is 9.93. The quantitative estimate of drug-likeness (QED) is 0.772. The summed E-state index contributed by atoms with van der Waals surface area (Å²) in [6, 6.07) is 3.66. The molecule has 0 bridgehead atoms. The Bertz CT molecular complexity index is 464. The number of amides is 1. The highest BCUT2D eigenvalue weighted by Crippen LogP contribution is 2.06. The highest BCUT2D eigenvalue weighted by Gasteiger charge is 2.08. The fourth-order valence-corrected chi connectivity index (χ4v) is 1.17. The lowest BCUT2D eigenvalue weighted by atomic mass is 10.3. The van der Waals surface area contributed by atoms with Crippen molar-refractivity contribution in [2.75, 3.05) is 5.32 Å². The van der Waals surface area contributed by atoms with E-state index in [1.807, 2.05) is 13.0 Å². The molecule has 0 spiro atoms. The number of pyridine rings is 1. The number of carbonyl (C=O) groups is 1. The van der Waals surface area contributed by atoms with Gasteiger partial charge in [-0.2, -0.15) is 0 Å². The van der Waals surface area contributed by atoms with Gasteiger partial charge in [0.1, 0.15) is 5.82 Å². The highest BCUT2D eigenvalue weighted by atomic mass is 16.2. The van der Waals surface area contributed by atoms with Crippen LogP contribution in [0.5, 0.6) is 0 Å². The van der Waals surface area contributed by atoms with Crippen LogP contribution in [0.15, 0.2) is 30.7 Å². The molecule has 0 saturated heterocycles. The number of nitrogens with zero attached hydrogens (tertiary/aromatic N) is 2. The Morgan fingerprint density at radius 2 is 2.27 bits per heavy atom. The van der Waals surface area contributed by atoms with E-state index in [0.29, 0.717) is 5.82 Å². The zero-order valence-corrected chi connectivity index (χ0v) is 8.19. The molecule has 5 heteroatoms. The van der Waals surface area contributed by atoms with Crippen LogP contribution >= 0.6 is 0 Å². The highest BCUT2D eigenvalue weighted by molar-refractivity contribution is 6.00. The molecule has 0 unspecified atom stereocenters. The van der Waals surface area contributed by atoms with Crippen molar-refractivity contribution in [1.82, 2.24) is 15.0 Å². The van der Waals surface area contributed by atoms with Crippen LogP contribution in [-0.2, 0) is 0 Å². The Balaban J connectivity index is 2.13. The van der Waals surface area contributed by atoms with Crippen LogP contribution in [0.2, 0.25) is 0 Å². The number of hydrogen-bond donors (Lipinski definition) is 2. The molecule has 0 radical (unpaired) electrons. The predicted octanol–water partition coefficient (Wildman–Crippen LogP) is 1.37. The van der Waals surface area contributed by atoms with Gasteiger partial charge in [0.25, 0.3) is 5.91 Å². The summed E-state index contributed by atoms with van der Waals surface area (Å²) in [7, 11) is 0. The molecule has 2 aromatic heterocycles. The zero-order chi connectivity index (χ0) is 10.7. The molecule has 0 aliphatic carbocycles. The van der Waals surface area contributed by atoms with Gasteiger partial charge in [-0.3, -0.25) is 4.79 Å². The number of aromatic amines is 1. The summed E-state index contributed by atoms with van der Waals surface area (Å²) in [6.45, 7) is 1.93. The fraction of sp³-hybridized carbons (Fsp3) is 0.100. The summed E-state index contributed by atoms with van der Waals surface area (Å²) < 4.78 is 0. The van der Waals surface area contributed by atoms with Crippen LogP contribution in [0.1, 0.15) is 16.2 Å². The number of nitrogens with one attached hydrogen (secondary N) is 2. The number of rotatable bonds is 2. The zero-order valence-electron chi connectivity index (χ0n) is 8.19. The van der Waals surface area contributed by atoms with E-state index in [9.17, 15) is 4.79 Å². The molecule has 2 aromatic rings. The largest absolute Gasteiger partial charge is 0.341 e. The van der Waals surface area contributed by atoms with Crippen LogP contribution < -0.4 is 5.32 Å². The SMILES string of the molecule is Cc1ccnc(NC(=O)c2ncc[nH]2)c1. The first-order chi connectivity index (χ1) is 7.25. The fourth-order valence-electron chi connectivity index (χ4n) is 1.17. The van der Waals surface area contributed by atoms with Gasteiger partial charge < -0.3 is 10.3 Å². The number of H-pyrrole nitrogens is 1. The second-order valence-corrected chi connectivity index (χ2v) is 3.11. The van der Waals surface area contributed by atoms with Gasteiger partial charge in [-0.05, 0) is 24.6 Å². The number of imidazole rings is 1. The van der Waals surface area contributed by atoms with E-state index in [1.165, 1.54) is 6.20 Å². The molecule has 5 nitrogen and oxygen atoms in total. The third kappa shape index (κ3) is 2.19. The van der Waals surface area contributed by atoms with E-state index >= 15 is 0 Å². The van der Waals surface area contributed by atoms with E-state index in [4.69, 9.17) is 0 Å². The Morgan fingerprint density at radius 3 is 2.93 bits per heavy atom. The maximum absolute atomic E-state index is 11.5. The summed E-state index contributed by atoms with van der Waals surface area (Å²) in [5.74, 6) is 0.507. The molecule has 0 atom stereocenters. The maximum atomic E-state index is 11.5. The van der Waals surface area contributed by atoms with E-state index < -0.39 is 0 Å². The molecule has 2 N–H and O–H groups in total. The smallest absolute Gasteiger partial charge is 0.292 e. The molecule has 1 amide bonds. The minimum atomic E-state index is -0.293. The van der Waals surface area contributed by atoms with E-state index in [0.717, 1.165) is 5.56 Å². The van der Waals surface area contributed by atoms with Gasteiger partial charge >= 0.3 is 0 Å². The number of aryl methyl sites for hydroxylation is 1. The average Bonchev–Trinajstić information content (AvgIpc) is 2.70. The molecular weight excluding hydrogens is 192 g/mol. The summed E-state index contributed by atoms with van der Waals surface area (Å²) >= 11 is 0. The van der Waals surface area contributed by atoms with Crippen LogP contribution in [0.3, 0.4) is 0 Å². The first-order valence-corrected chi connectivity index (χ1v) is 4.49. The second-order valence-electron chi connectivity index (χ2n) is 3.11. The number of carbonyl (C=O) groups excluding carboxylic acids is 1. The minimum Gasteiger partial charge on any atom is -0.341 e. The molecule has 15 heavy (non-hydrogen) atoms. The van der Waals surface area contributed by atoms with Gasteiger partial charge in [0, 0.05) is 18.6 Å². The lowest BCUT2D eigenvalue weighted by Crippen LogP contribution is -2.14. The number of anilines is 1. The topological polar surface area (TPSA) is 70.7 Å². The lowest BCUT2D eigenvalue weighted by molar-refractivity contribution is 0.101. The van der Waals surface area contributed by atoms with Crippen molar-refractivity contribution >= 4 is 11.7 Å². The first-order valence-electron chi connectivity index (χ1n) is 4.49. The van der Waals surface area contributed by atoms with Crippen molar-refractivity contribution < 1.29 is 4.79 Å². The molecule has 0 saturated carbocycles. The third-order valence-corrected chi connectivity index (χ3v) is 1.87.